The molecule has 2 aliphatic heterocycles. The molecule has 0 bridgehead atoms. The first-order chi connectivity index (χ1) is 16.2. The monoisotopic (exact) mass is 472 g/mol. The van der Waals surface area contributed by atoms with Crippen LogP contribution in [0.1, 0.15) is 32.6 Å². The number of carbonyl (C=O) groups excluding carboxylic acids is 6. The van der Waals surface area contributed by atoms with E-state index in [1.807, 2.05) is 6.92 Å². The minimum Gasteiger partial charge on any atom is -0.442 e. The van der Waals surface area contributed by atoms with Gasteiger partial charge in [-0.25, -0.2) is 4.79 Å². The summed E-state index contributed by atoms with van der Waals surface area (Å²) in [5.74, 6) is -1.76. The lowest BCUT2D eigenvalue weighted by Gasteiger charge is -2.30. The second kappa shape index (κ2) is 10.9. The molecular formula is C23H28N4O7. The van der Waals surface area contributed by atoms with Gasteiger partial charge in [-0.3, -0.25) is 33.8 Å². The van der Waals surface area contributed by atoms with Gasteiger partial charge in [0.2, 0.25) is 5.91 Å². The Bertz CT molecular complexity index is 934. The van der Waals surface area contributed by atoms with Crippen molar-refractivity contribution in [3.05, 3.63) is 36.5 Å². The van der Waals surface area contributed by atoms with Gasteiger partial charge in [0, 0.05) is 55.9 Å². The topological polar surface area (TPSA) is 142 Å². The van der Waals surface area contributed by atoms with Crippen LogP contribution in [0.2, 0.25) is 0 Å². The Morgan fingerprint density at radius 1 is 0.941 bits per heavy atom. The number of hydrogen-bond donors (Lipinski definition) is 2. The SMILES string of the molecule is CC1(C(=O)NCCN2C(=O)C=CC2=O)C/C=C/C(OC(=O)NCCN2C(=O)C=CC2=O)CCC1. The lowest BCUT2D eigenvalue weighted by molar-refractivity contribution is -0.138. The van der Waals surface area contributed by atoms with Crippen LogP contribution in [0, 0.1) is 5.41 Å². The van der Waals surface area contributed by atoms with E-state index in [4.69, 9.17) is 4.74 Å². The van der Waals surface area contributed by atoms with Crippen LogP contribution in [0.4, 0.5) is 4.79 Å². The number of alkyl carbamates (subject to hydrolysis) is 1. The van der Waals surface area contributed by atoms with Crippen molar-refractivity contribution in [2.24, 2.45) is 5.41 Å². The number of ether oxygens (including phenoxy) is 1. The Kier molecular flexibility index (Phi) is 7.98. The molecule has 0 aromatic heterocycles. The van der Waals surface area contributed by atoms with E-state index >= 15 is 0 Å². The van der Waals surface area contributed by atoms with Crippen LogP contribution in [-0.4, -0.2) is 77.7 Å². The molecule has 2 unspecified atom stereocenters. The van der Waals surface area contributed by atoms with E-state index in [0.717, 1.165) is 9.80 Å². The molecule has 2 heterocycles. The highest BCUT2D eigenvalue weighted by atomic mass is 16.6. The highest BCUT2D eigenvalue weighted by molar-refractivity contribution is 6.13. The molecule has 0 radical (unpaired) electrons. The van der Waals surface area contributed by atoms with Gasteiger partial charge in [-0.1, -0.05) is 13.0 Å². The minimum atomic E-state index is -0.663. The molecule has 0 fully saturated rings. The van der Waals surface area contributed by atoms with Gasteiger partial charge >= 0.3 is 6.09 Å². The van der Waals surface area contributed by atoms with Gasteiger partial charge in [-0.05, 0) is 31.8 Å². The van der Waals surface area contributed by atoms with E-state index in [2.05, 4.69) is 10.6 Å². The number of hydrogen-bond acceptors (Lipinski definition) is 7. The van der Waals surface area contributed by atoms with Gasteiger partial charge in [0.15, 0.2) is 0 Å². The van der Waals surface area contributed by atoms with E-state index in [9.17, 15) is 28.8 Å². The maximum Gasteiger partial charge on any atom is 0.407 e. The fourth-order valence-corrected chi connectivity index (χ4v) is 3.92. The molecule has 182 valence electrons. The Labute approximate surface area is 196 Å². The molecule has 0 spiro atoms. The summed E-state index contributed by atoms with van der Waals surface area (Å²) in [6, 6.07) is 0. The zero-order valence-corrected chi connectivity index (χ0v) is 19.0. The molecule has 0 aromatic rings. The zero-order valence-electron chi connectivity index (χ0n) is 19.0. The van der Waals surface area contributed by atoms with Crippen LogP contribution in [0.3, 0.4) is 0 Å². The Morgan fingerprint density at radius 3 is 2.03 bits per heavy atom. The molecule has 3 rings (SSSR count). The van der Waals surface area contributed by atoms with Gasteiger partial charge in [-0.2, -0.15) is 0 Å². The summed E-state index contributed by atoms with van der Waals surface area (Å²) in [6.07, 6.45) is 9.40. The van der Waals surface area contributed by atoms with Crippen molar-refractivity contribution in [2.75, 3.05) is 26.2 Å². The van der Waals surface area contributed by atoms with Crippen LogP contribution >= 0.6 is 0 Å². The van der Waals surface area contributed by atoms with Crippen molar-refractivity contribution in [1.82, 2.24) is 20.4 Å². The van der Waals surface area contributed by atoms with Gasteiger partial charge in [0.05, 0.1) is 0 Å². The van der Waals surface area contributed by atoms with Gasteiger partial charge in [-0.15, -0.1) is 0 Å². The minimum absolute atomic E-state index is 0.0599. The summed E-state index contributed by atoms with van der Waals surface area (Å²) in [5.41, 5.74) is -0.663. The molecule has 2 N–H and O–H groups in total. The third-order valence-corrected chi connectivity index (χ3v) is 5.97. The first kappa shape index (κ1) is 24.9. The van der Waals surface area contributed by atoms with Crippen molar-refractivity contribution in [2.45, 2.75) is 38.7 Å². The zero-order chi connectivity index (χ0) is 24.7. The van der Waals surface area contributed by atoms with E-state index in [0.29, 0.717) is 25.7 Å². The molecule has 11 nitrogen and oxygen atoms in total. The van der Waals surface area contributed by atoms with Gasteiger partial charge in [0.25, 0.3) is 23.6 Å². The fourth-order valence-electron chi connectivity index (χ4n) is 3.92. The molecule has 0 saturated heterocycles. The highest BCUT2D eigenvalue weighted by Gasteiger charge is 2.33. The molecule has 0 aromatic carbocycles. The number of imide groups is 2. The summed E-state index contributed by atoms with van der Waals surface area (Å²) in [7, 11) is 0. The van der Waals surface area contributed by atoms with Crippen LogP contribution in [0.15, 0.2) is 36.5 Å². The predicted molar refractivity (Wildman–Crippen MR) is 119 cm³/mol. The first-order valence-electron chi connectivity index (χ1n) is 11.2. The summed E-state index contributed by atoms with van der Waals surface area (Å²) in [6.45, 7) is 2.28. The molecule has 3 aliphatic rings. The quantitative estimate of drug-likeness (QED) is 0.379. The van der Waals surface area contributed by atoms with Crippen molar-refractivity contribution in [3.63, 3.8) is 0 Å². The summed E-state index contributed by atoms with van der Waals surface area (Å²) < 4.78 is 5.40. The van der Waals surface area contributed by atoms with Crippen molar-refractivity contribution >= 4 is 35.6 Å². The third-order valence-electron chi connectivity index (χ3n) is 5.97. The highest BCUT2D eigenvalue weighted by Crippen LogP contribution is 2.32. The van der Waals surface area contributed by atoms with E-state index < -0.39 is 29.4 Å². The molecular weight excluding hydrogens is 444 g/mol. The molecule has 1 aliphatic carbocycles. The largest absolute Gasteiger partial charge is 0.442 e. The first-order valence-corrected chi connectivity index (χ1v) is 11.2. The van der Waals surface area contributed by atoms with E-state index in [1.165, 1.54) is 24.3 Å². The fraction of sp³-hybridized carbons (Fsp3) is 0.478. The Hall–Kier alpha value is -3.76. The number of carbonyl (C=O) groups is 6. The van der Waals surface area contributed by atoms with E-state index in [1.54, 1.807) is 12.2 Å². The lowest BCUT2D eigenvalue weighted by Crippen LogP contribution is -2.44. The maximum absolute atomic E-state index is 12.8. The average Bonchev–Trinajstić information content (AvgIpc) is 3.27. The Morgan fingerprint density at radius 2 is 1.47 bits per heavy atom. The summed E-state index contributed by atoms with van der Waals surface area (Å²) in [5, 5.41) is 5.34. The van der Waals surface area contributed by atoms with Crippen LogP contribution in [-0.2, 0) is 28.7 Å². The smallest absolute Gasteiger partial charge is 0.407 e. The predicted octanol–water partition coefficient (Wildman–Crippen LogP) is 0.184. The molecule has 34 heavy (non-hydrogen) atoms. The molecule has 2 atom stereocenters. The second-order valence-corrected chi connectivity index (χ2v) is 8.53. The maximum atomic E-state index is 12.8. The van der Waals surface area contributed by atoms with Gasteiger partial charge in [0.1, 0.15) is 6.10 Å². The van der Waals surface area contributed by atoms with Crippen molar-refractivity contribution in [1.29, 1.82) is 0 Å². The summed E-state index contributed by atoms with van der Waals surface area (Å²) >= 11 is 0. The second-order valence-electron chi connectivity index (χ2n) is 8.53. The molecule has 6 amide bonds. The average molecular weight is 472 g/mol. The van der Waals surface area contributed by atoms with E-state index in [-0.39, 0.29) is 43.9 Å². The number of nitrogens with zero attached hydrogens (tertiary/aromatic N) is 2. The van der Waals surface area contributed by atoms with Gasteiger partial charge < -0.3 is 15.4 Å². The number of nitrogens with one attached hydrogen (secondary N) is 2. The third kappa shape index (κ3) is 6.18. The normalized spacial score (nSPS) is 25.4. The number of allylic oxidation sites excluding steroid dienone is 1. The Balaban J connectivity index is 1.39. The van der Waals surface area contributed by atoms with Crippen molar-refractivity contribution in [3.8, 4) is 0 Å². The number of rotatable bonds is 8. The molecule has 11 heteroatoms. The summed E-state index contributed by atoms with van der Waals surface area (Å²) in [4.78, 5) is 73.1. The van der Waals surface area contributed by atoms with Crippen LogP contribution < -0.4 is 10.6 Å². The standard InChI is InChI=1S/C23H28N4O7/c1-23(21(32)24-12-14-26-17(28)6-7-18(26)29)10-2-4-16(5-3-11-23)34-22(33)25-13-15-27-19(30)8-9-20(27)31/h2,4,6-9,16H,3,5,10-15H2,1H3,(H,24,32)(H,25,33)/b4-2+. The van der Waals surface area contributed by atoms with Crippen molar-refractivity contribution < 1.29 is 33.5 Å². The lowest BCUT2D eigenvalue weighted by atomic mass is 9.79. The van der Waals surface area contributed by atoms with Crippen LogP contribution in [0.5, 0.6) is 0 Å². The molecule has 0 saturated carbocycles. The number of amides is 6. The van der Waals surface area contributed by atoms with Crippen LogP contribution in [0.25, 0.3) is 0 Å².